The number of anilines is 1. The Bertz CT molecular complexity index is 741. The maximum Gasteiger partial charge on any atom is 0.244 e. The molecule has 0 aliphatic heterocycles. The molecule has 0 unspecified atom stereocenters. The molecular formula is C16H15ClN4. The number of hydrogen-bond donors (Lipinski definition) is 1. The van der Waals surface area contributed by atoms with E-state index in [1.54, 1.807) is 6.92 Å². The number of halogens is 1. The number of hydrogen-bond acceptors (Lipinski definition) is 4. The minimum atomic E-state index is 0.416. The molecule has 0 saturated heterocycles. The molecule has 1 aromatic carbocycles. The number of nitrogens with zero attached hydrogens (tertiary/aromatic N) is 3. The summed E-state index contributed by atoms with van der Waals surface area (Å²) >= 11 is 6.13. The van der Waals surface area contributed by atoms with Gasteiger partial charge in [-0.25, -0.2) is 15.4 Å². The number of benzene rings is 1. The minimum Gasteiger partial charge on any atom is -0.245 e. The zero-order valence-electron chi connectivity index (χ0n) is 12.1. The first-order chi connectivity index (χ1) is 10.1. The van der Waals surface area contributed by atoms with Gasteiger partial charge in [0, 0.05) is 16.3 Å². The Labute approximate surface area is 129 Å². The van der Waals surface area contributed by atoms with E-state index in [0.29, 0.717) is 16.7 Å². The number of nitrogens with one attached hydrogen (secondary N) is 1. The summed E-state index contributed by atoms with van der Waals surface area (Å²) in [5.41, 5.74) is 5.97. The van der Waals surface area contributed by atoms with Crippen molar-refractivity contribution in [1.82, 2.24) is 9.97 Å². The van der Waals surface area contributed by atoms with Crippen molar-refractivity contribution in [1.29, 1.82) is 0 Å². The van der Waals surface area contributed by atoms with Crippen LogP contribution in [0.15, 0.2) is 35.4 Å². The van der Waals surface area contributed by atoms with Crippen molar-refractivity contribution in [3.05, 3.63) is 52.3 Å². The largest absolute Gasteiger partial charge is 0.245 e. The Hall–Kier alpha value is -2.38. The quantitative estimate of drug-likeness (QED) is 0.534. The highest BCUT2D eigenvalue weighted by Gasteiger charge is 2.04. The summed E-state index contributed by atoms with van der Waals surface area (Å²) in [5.74, 6) is 6.14. The van der Waals surface area contributed by atoms with Crippen LogP contribution in [-0.2, 0) is 0 Å². The van der Waals surface area contributed by atoms with E-state index >= 15 is 0 Å². The molecule has 0 spiro atoms. The second-order valence-corrected chi connectivity index (χ2v) is 4.79. The maximum absolute atomic E-state index is 6.13. The molecular weight excluding hydrogens is 284 g/mol. The van der Waals surface area contributed by atoms with Crippen LogP contribution < -0.4 is 5.43 Å². The second-order valence-electron chi connectivity index (χ2n) is 4.38. The summed E-state index contributed by atoms with van der Waals surface area (Å²) in [4.78, 5) is 8.55. The standard InChI is InChI=1S/C16H15ClN4/c1-4-7-13-10-11(2)18-16(19-13)21-20-12(3)14-8-5-6-9-15(14)17/h5-6,8-10H,1-3H3,(H,18,19,21). The zero-order valence-corrected chi connectivity index (χ0v) is 12.9. The SMILES string of the molecule is CC#Cc1cc(C)nc(NN=C(C)c2ccccc2Cl)n1. The van der Waals surface area contributed by atoms with Crippen LogP contribution in [0.3, 0.4) is 0 Å². The average molecular weight is 299 g/mol. The van der Waals surface area contributed by atoms with Gasteiger partial charge >= 0.3 is 0 Å². The monoisotopic (exact) mass is 298 g/mol. The third-order valence-electron chi connectivity index (χ3n) is 2.69. The first kappa shape index (κ1) is 15.0. The Morgan fingerprint density at radius 3 is 2.76 bits per heavy atom. The predicted octanol–water partition coefficient (Wildman–Crippen LogP) is 3.65. The van der Waals surface area contributed by atoms with Crippen molar-refractivity contribution in [2.75, 3.05) is 5.43 Å². The normalized spacial score (nSPS) is 10.8. The van der Waals surface area contributed by atoms with Crippen molar-refractivity contribution in [3.63, 3.8) is 0 Å². The molecule has 0 aliphatic rings. The number of hydrazone groups is 1. The summed E-state index contributed by atoms with van der Waals surface area (Å²) in [6.45, 7) is 5.53. The number of aromatic nitrogens is 2. The van der Waals surface area contributed by atoms with Crippen LogP contribution in [0, 0.1) is 18.8 Å². The van der Waals surface area contributed by atoms with E-state index in [4.69, 9.17) is 11.6 Å². The van der Waals surface area contributed by atoms with Crippen LogP contribution in [0.5, 0.6) is 0 Å². The van der Waals surface area contributed by atoms with Crippen LogP contribution in [0.4, 0.5) is 5.95 Å². The fraction of sp³-hybridized carbons (Fsp3) is 0.188. The molecule has 1 N–H and O–H groups in total. The van der Waals surface area contributed by atoms with Gasteiger partial charge in [0.15, 0.2) is 0 Å². The highest BCUT2D eigenvalue weighted by molar-refractivity contribution is 6.34. The van der Waals surface area contributed by atoms with Gasteiger partial charge in [0.2, 0.25) is 5.95 Å². The topological polar surface area (TPSA) is 50.2 Å². The van der Waals surface area contributed by atoms with Crippen LogP contribution in [0.25, 0.3) is 0 Å². The molecule has 5 heteroatoms. The lowest BCUT2D eigenvalue weighted by Crippen LogP contribution is -2.04. The summed E-state index contributed by atoms with van der Waals surface area (Å²) in [6.07, 6.45) is 0. The van der Waals surface area contributed by atoms with Gasteiger partial charge in [-0.05, 0) is 38.8 Å². The fourth-order valence-corrected chi connectivity index (χ4v) is 2.03. The van der Waals surface area contributed by atoms with Gasteiger partial charge in [-0.15, -0.1) is 0 Å². The molecule has 0 aliphatic carbocycles. The molecule has 0 fully saturated rings. The van der Waals surface area contributed by atoms with Crippen LogP contribution in [0.1, 0.15) is 30.8 Å². The summed E-state index contributed by atoms with van der Waals surface area (Å²) in [7, 11) is 0. The van der Waals surface area contributed by atoms with E-state index in [9.17, 15) is 0 Å². The van der Waals surface area contributed by atoms with Crippen molar-refractivity contribution in [2.45, 2.75) is 20.8 Å². The Morgan fingerprint density at radius 2 is 2.05 bits per heavy atom. The van der Waals surface area contributed by atoms with Gasteiger partial charge < -0.3 is 0 Å². The van der Waals surface area contributed by atoms with Crippen molar-refractivity contribution >= 4 is 23.3 Å². The molecule has 0 bridgehead atoms. The molecule has 2 aromatic rings. The first-order valence-electron chi connectivity index (χ1n) is 6.44. The van der Waals surface area contributed by atoms with E-state index in [-0.39, 0.29) is 0 Å². The first-order valence-corrected chi connectivity index (χ1v) is 6.81. The number of rotatable bonds is 3. The van der Waals surface area contributed by atoms with Gasteiger partial charge in [-0.1, -0.05) is 35.7 Å². The van der Waals surface area contributed by atoms with Gasteiger partial charge in [-0.3, -0.25) is 0 Å². The third kappa shape index (κ3) is 4.04. The Kier molecular flexibility index (Phi) is 4.91. The predicted molar refractivity (Wildman–Crippen MR) is 86.6 cm³/mol. The Morgan fingerprint density at radius 1 is 1.29 bits per heavy atom. The van der Waals surface area contributed by atoms with Crippen LogP contribution >= 0.6 is 11.6 Å². The summed E-state index contributed by atoms with van der Waals surface area (Å²) in [6, 6.07) is 9.36. The maximum atomic E-state index is 6.13. The molecule has 2 rings (SSSR count). The van der Waals surface area contributed by atoms with Crippen molar-refractivity contribution < 1.29 is 0 Å². The lowest BCUT2D eigenvalue weighted by molar-refractivity contribution is 1.06. The molecule has 0 atom stereocenters. The van der Waals surface area contributed by atoms with E-state index in [1.165, 1.54) is 0 Å². The lowest BCUT2D eigenvalue weighted by atomic mass is 10.1. The van der Waals surface area contributed by atoms with Crippen LogP contribution in [-0.4, -0.2) is 15.7 Å². The minimum absolute atomic E-state index is 0.416. The highest BCUT2D eigenvalue weighted by Crippen LogP contribution is 2.16. The van der Waals surface area contributed by atoms with E-state index in [0.717, 1.165) is 17.0 Å². The smallest absolute Gasteiger partial charge is 0.244 e. The van der Waals surface area contributed by atoms with E-state index < -0.39 is 0 Å². The highest BCUT2D eigenvalue weighted by atomic mass is 35.5. The molecule has 0 amide bonds. The molecule has 0 radical (unpaired) electrons. The van der Waals surface area contributed by atoms with E-state index in [2.05, 4.69) is 32.3 Å². The van der Waals surface area contributed by atoms with Gasteiger partial charge in [0.25, 0.3) is 0 Å². The molecule has 1 aromatic heterocycles. The molecule has 21 heavy (non-hydrogen) atoms. The molecule has 4 nitrogen and oxygen atoms in total. The molecule has 106 valence electrons. The third-order valence-corrected chi connectivity index (χ3v) is 3.02. The number of aryl methyl sites for hydroxylation is 1. The van der Waals surface area contributed by atoms with Gasteiger partial charge in [0.1, 0.15) is 5.69 Å². The summed E-state index contributed by atoms with van der Waals surface area (Å²) < 4.78 is 0. The van der Waals surface area contributed by atoms with Gasteiger partial charge in [0.05, 0.1) is 5.71 Å². The fourth-order valence-electron chi connectivity index (χ4n) is 1.76. The average Bonchev–Trinajstić information content (AvgIpc) is 2.45. The zero-order chi connectivity index (χ0) is 15.2. The Balaban J connectivity index is 2.24. The van der Waals surface area contributed by atoms with E-state index in [1.807, 2.05) is 44.2 Å². The molecule has 1 heterocycles. The van der Waals surface area contributed by atoms with Crippen molar-refractivity contribution in [3.8, 4) is 11.8 Å². The van der Waals surface area contributed by atoms with Gasteiger partial charge in [-0.2, -0.15) is 5.10 Å². The summed E-state index contributed by atoms with van der Waals surface area (Å²) in [5, 5.41) is 4.93. The van der Waals surface area contributed by atoms with Crippen LogP contribution in [0.2, 0.25) is 5.02 Å². The van der Waals surface area contributed by atoms with Crippen molar-refractivity contribution in [2.24, 2.45) is 5.10 Å². The second kappa shape index (κ2) is 6.87. The molecule has 0 saturated carbocycles. The lowest BCUT2D eigenvalue weighted by Gasteiger charge is -2.05.